The summed E-state index contributed by atoms with van der Waals surface area (Å²) in [5.74, 6) is 0.143. The van der Waals surface area contributed by atoms with E-state index in [0.717, 1.165) is 5.56 Å². The number of nitrogens with zero attached hydrogens (tertiary/aromatic N) is 4. The SMILES string of the molecule is COc1ccc(C=C(COOCCN2CC(C)(C)N(C)C(C)(C)C2=O)C(=O)OCCN2CC(C)(C)N(C)C(C)(C)C2=O)cc1. The summed E-state index contributed by atoms with van der Waals surface area (Å²) < 4.78 is 10.9. The molecule has 0 N–H and O–H groups in total. The van der Waals surface area contributed by atoms with Crippen molar-refractivity contribution in [3.8, 4) is 5.75 Å². The Hall–Kier alpha value is -2.99. The van der Waals surface area contributed by atoms with Crippen molar-refractivity contribution in [3.63, 3.8) is 0 Å². The highest BCUT2D eigenvalue weighted by Crippen LogP contribution is 2.32. The number of piperazine rings is 2. The Morgan fingerprint density at radius 3 is 1.73 bits per heavy atom. The van der Waals surface area contributed by atoms with Crippen LogP contribution < -0.4 is 4.74 Å². The topological polar surface area (TPSA) is 101 Å². The van der Waals surface area contributed by atoms with Gasteiger partial charge in [-0.2, -0.15) is 0 Å². The van der Waals surface area contributed by atoms with Gasteiger partial charge in [0.05, 0.1) is 36.9 Å². The molecule has 0 radical (unpaired) electrons. The summed E-state index contributed by atoms with van der Waals surface area (Å²) in [5.41, 5.74) is -0.731. The summed E-state index contributed by atoms with van der Waals surface area (Å²) in [5, 5.41) is 0. The second-order valence-corrected chi connectivity index (χ2v) is 14.0. The molecule has 2 saturated heterocycles. The van der Waals surface area contributed by atoms with Crippen LogP contribution >= 0.6 is 0 Å². The predicted molar refractivity (Wildman–Crippen MR) is 169 cm³/mol. The van der Waals surface area contributed by atoms with Crippen molar-refractivity contribution in [2.24, 2.45) is 0 Å². The van der Waals surface area contributed by atoms with E-state index < -0.39 is 17.0 Å². The van der Waals surface area contributed by atoms with E-state index in [9.17, 15) is 14.4 Å². The zero-order valence-corrected chi connectivity index (χ0v) is 28.5. The first-order valence-corrected chi connectivity index (χ1v) is 15.2. The quantitative estimate of drug-likeness (QED) is 0.115. The van der Waals surface area contributed by atoms with Gasteiger partial charge in [0.25, 0.3) is 0 Å². The van der Waals surface area contributed by atoms with Gasteiger partial charge in [-0.25, -0.2) is 14.6 Å². The summed E-state index contributed by atoms with van der Waals surface area (Å²) >= 11 is 0. The fourth-order valence-electron chi connectivity index (χ4n) is 5.94. The normalized spacial score (nSPS) is 21.8. The smallest absolute Gasteiger partial charge is 0.336 e. The molecule has 2 aliphatic heterocycles. The third-order valence-electron chi connectivity index (χ3n) is 9.33. The number of carbonyl (C=O) groups excluding carboxylic acids is 3. The molecular formula is C33H52N4O7. The molecule has 246 valence electrons. The minimum Gasteiger partial charge on any atom is -0.497 e. The zero-order valence-electron chi connectivity index (χ0n) is 28.5. The Balaban J connectivity index is 1.61. The monoisotopic (exact) mass is 616 g/mol. The van der Waals surface area contributed by atoms with Crippen molar-refractivity contribution >= 4 is 23.9 Å². The Morgan fingerprint density at radius 2 is 1.25 bits per heavy atom. The first kappa shape index (κ1) is 35.5. The third kappa shape index (κ3) is 7.80. The maximum atomic E-state index is 13.2. The van der Waals surface area contributed by atoms with Crippen molar-refractivity contribution in [1.29, 1.82) is 0 Å². The van der Waals surface area contributed by atoms with Gasteiger partial charge in [0.1, 0.15) is 19.0 Å². The van der Waals surface area contributed by atoms with E-state index in [4.69, 9.17) is 19.2 Å². The average molecular weight is 617 g/mol. The highest BCUT2D eigenvalue weighted by molar-refractivity contribution is 5.94. The molecule has 2 amide bonds. The fourth-order valence-corrected chi connectivity index (χ4v) is 5.94. The Labute approximate surface area is 262 Å². The largest absolute Gasteiger partial charge is 0.497 e. The summed E-state index contributed by atoms with van der Waals surface area (Å²) in [7, 11) is 5.51. The number of methoxy groups -OCH3 is 1. The van der Waals surface area contributed by atoms with Crippen LogP contribution in [0.2, 0.25) is 0 Å². The van der Waals surface area contributed by atoms with E-state index in [1.54, 1.807) is 35.1 Å². The first-order chi connectivity index (χ1) is 20.3. The van der Waals surface area contributed by atoms with Crippen LogP contribution in [0.1, 0.15) is 61.0 Å². The Kier molecular flexibility index (Phi) is 10.9. The lowest BCUT2D eigenvalue weighted by Crippen LogP contribution is -2.70. The summed E-state index contributed by atoms with van der Waals surface area (Å²) in [6.07, 6.45) is 1.67. The van der Waals surface area contributed by atoms with E-state index >= 15 is 0 Å². The molecule has 3 rings (SSSR count). The van der Waals surface area contributed by atoms with Crippen LogP contribution in [0, 0.1) is 0 Å². The molecule has 0 aromatic heterocycles. The Morgan fingerprint density at radius 1 is 0.773 bits per heavy atom. The molecule has 0 bridgehead atoms. The van der Waals surface area contributed by atoms with E-state index in [1.807, 2.05) is 53.9 Å². The van der Waals surface area contributed by atoms with Gasteiger partial charge < -0.3 is 19.3 Å². The first-order valence-electron chi connectivity index (χ1n) is 15.2. The summed E-state index contributed by atoms with van der Waals surface area (Å²) in [4.78, 5) is 58.0. The van der Waals surface area contributed by atoms with E-state index in [1.165, 1.54) is 0 Å². The van der Waals surface area contributed by atoms with Gasteiger partial charge in [-0.3, -0.25) is 19.4 Å². The van der Waals surface area contributed by atoms with Crippen LogP contribution in [0.15, 0.2) is 29.8 Å². The number of hydrogen-bond acceptors (Lipinski definition) is 9. The maximum absolute atomic E-state index is 13.2. The minimum atomic E-state index is -0.670. The van der Waals surface area contributed by atoms with Gasteiger partial charge >= 0.3 is 5.97 Å². The molecule has 0 aliphatic carbocycles. The van der Waals surface area contributed by atoms with Gasteiger partial charge in [0.2, 0.25) is 11.8 Å². The molecule has 2 fully saturated rings. The van der Waals surface area contributed by atoms with Crippen LogP contribution in [0.5, 0.6) is 5.75 Å². The number of rotatable bonds is 12. The molecule has 2 aliphatic rings. The minimum absolute atomic E-state index is 0.00767. The number of amides is 2. The number of hydrogen-bond donors (Lipinski definition) is 0. The number of ether oxygens (including phenoxy) is 2. The van der Waals surface area contributed by atoms with Crippen molar-refractivity contribution in [3.05, 3.63) is 35.4 Å². The lowest BCUT2D eigenvalue weighted by molar-refractivity contribution is -0.289. The highest BCUT2D eigenvalue weighted by Gasteiger charge is 2.49. The van der Waals surface area contributed by atoms with Crippen molar-refractivity contribution in [1.82, 2.24) is 19.6 Å². The second kappa shape index (κ2) is 13.6. The van der Waals surface area contributed by atoms with Gasteiger partial charge in [0, 0.05) is 30.7 Å². The van der Waals surface area contributed by atoms with Crippen molar-refractivity contribution in [2.45, 2.75) is 77.5 Å². The maximum Gasteiger partial charge on any atom is 0.336 e. The third-order valence-corrected chi connectivity index (χ3v) is 9.33. The van der Waals surface area contributed by atoms with Crippen LogP contribution in [-0.4, -0.2) is 127 Å². The number of benzene rings is 1. The lowest BCUT2D eigenvalue weighted by Gasteiger charge is -2.53. The molecule has 0 spiro atoms. The molecular weight excluding hydrogens is 564 g/mol. The van der Waals surface area contributed by atoms with Gasteiger partial charge in [0.15, 0.2) is 0 Å². The van der Waals surface area contributed by atoms with E-state index in [2.05, 4.69) is 37.5 Å². The van der Waals surface area contributed by atoms with Gasteiger partial charge in [-0.15, -0.1) is 0 Å². The Bertz CT molecular complexity index is 1220. The van der Waals surface area contributed by atoms with E-state index in [-0.39, 0.29) is 54.8 Å². The number of carbonyl (C=O) groups is 3. The fraction of sp³-hybridized carbons (Fsp3) is 0.667. The average Bonchev–Trinajstić information content (AvgIpc) is 2.96. The molecule has 0 unspecified atom stereocenters. The van der Waals surface area contributed by atoms with Crippen LogP contribution in [0.3, 0.4) is 0 Å². The molecule has 0 atom stereocenters. The van der Waals surface area contributed by atoms with E-state index in [0.29, 0.717) is 25.4 Å². The van der Waals surface area contributed by atoms with Crippen molar-refractivity contribution < 1.29 is 33.6 Å². The predicted octanol–water partition coefficient (Wildman–Crippen LogP) is 3.23. The highest BCUT2D eigenvalue weighted by atomic mass is 17.2. The molecule has 11 nitrogen and oxygen atoms in total. The molecule has 1 aromatic carbocycles. The van der Waals surface area contributed by atoms with Crippen molar-refractivity contribution in [2.75, 3.05) is 67.2 Å². The molecule has 0 saturated carbocycles. The number of esters is 1. The lowest BCUT2D eigenvalue weighted by atomic mass is 9.88. The number of likely N-dealkylation sites (N-methyl/N-ethyl adjacent to an activating group) is 2. The van der Waals surface area contributed by atoms with Gasteiger partial charge in [-0.1, -0.05) is 12.1 Å². The molecule has 1 aromatic rings. The van der Waals surface area contributed by atoms with Gasteiger partial charge in [-0.05, 0) is 93.3 Å². The molecule has 2 heterocycles. The van der Waals surface area contributed by atoms with Crippen LogP contribution in [0.25, 0.3) is 6.08 Å². The molecule has 44 heavy (non-hydrogen) atoms. The zero-order chi connectivity index (χ0) is 33.1. The summed E-state index contributed by atoms with van der Waals surface area (Å²) in [6.45, 7) is 17.8. The van der Waals surface area contributed by atoms with Crippen LogP contribution in [0.4, 0.5) is 0 Å². The second-order valence-electron chi connectivity index (χ2n) is 14.0. The summed E-state index contributed by atoms with van der Waals surface area (Å²) in [6, 6.07) is 7.24. The van der Waals surface area contributed by atoms with Crippen LogP contribution in [-0.2, 0) is 28.9 Å². The standard InChI is InChI=1S/C33H52N4O7/c1-30(2)22-36(28(39)32(5,6)34(30)9)16-18-42-27(38)25(20-24-12-14-26(41-11)15-13-24)21-44-43-19-17-37-23-31(3,4)35(10)33(7,8)29(37)40/h12-15,20H,16-19,21-23H2,1-11H3. The molecule has 11 heteroatoms.